The van der Waals surface area contributed by atoms with Crippen molar-refractivity contribution >= 4 is 53.4 Å². The number of para-hydroxylation sites is 1. The number of hydrogen-bond acceptors (Lipinski definition) is 10. The predicted octanol–water partition coefficient (Wildman–Crippen LogP) is 2.69. The SMILES string of the molecule is CC(C)OC(=O)[C@H](C)N[P@@](=S)(OCC1OC2(CC2n2ccc(N)nc2=O)C(Cl)(Cl)[C@@H]1O)Oc1ccccc1. The lowest BCUT2D eigenvalue weighted by molar-refractivity contribution is -0.149. The van der Waals surface area contributed by atoms with Gasteiger partial charge in [0.05, 0.1) is 18.8 Å². The molecule has 1 spiro atoms. The second-order valence-corrected chi connectivity index (χ2v) is 13.9. The van der Waals surface area contributed by atoms with Gasteiger partial charge < -0.3 is 29.4 Å². The molecule has 2 fully saturated rings. The van der Waals surface area contributed by atoms with E-state index < -0.39 is 52.5 Å². The maximum absolute atomic E-state index is 12.4. The second kappa shape index (κ2) is 11.0. The highest BCUT2D eigenvalue weighted by molar-refractivity contribution is 8.09. The zero-order valence-electron chi connectivity index (χ0n) is 20.8. The molecule has 208 valence electrons. The molecule has 6 atom stereocenters. The van der Waals surface area contributed by atoms with Crippen LogP contribution in [0.25, 0.3) is 0 Å². The van der Waals surface area contributed by atoms with Crippen LogP contribution in [0.5, 0.6) is 5.75 Å². The number of esters is 1. The molecular formula is C23H29Cl2N4O7PS. The van der Waals surface area contributed by atoms with Crippen LogP contribution in [0.3, 0.4) is 0 Å². The summed E-state index contributed by atoms with van der Waals surface area (Å²) in [4.78, 5) is 28.5. The summed E-state index contributed by atoms with van der Waals surface area (Å²) >= 11 is 18.9. The number of carbonyl (C=O) groups is 1. The van der Waals surface area contributed by atoms with E-state index in [0.29, 0.717) is 5.75 Å². The molecule has 38 heavy (non-hydrogen) atoms. The van der Waals surface area contributed by atoms with Crippen LogP contribution in [-0.4, -0.2) is 61.5 Å². The maximum Gasteiger partial charge on any atom is 0.349 e. The summed E-state index contributed by atoms with van der Waals surface area (Å²) in [7, 11) is 0. The van der Waals surface area contributed by atoms with Gasteiger partial charge in [-0.1, -0.05) is 41.4 Å². The molecule has 11 nitrogen and oxygen atoms in total. The summed E-state index contributed by atoms with van der Waals surface area (Å²) in [5.41, 5.74) is 3.73. The van der Waals surface area contributed by atoms with Crippen molar-refractivity contribution in [3.8, 4) is 5.75 Å². The van der Waals surface area contributed by atoms with Crippen molar-refractivity contribution in [3.63, 3.8) is 0 Å². The van der Waals surface area contributed by atoms with Gasteiger partial charge in [-0.25, -0.2) is 9.88 Å². The number of halogens is 2. The van der Waals surface area contributed by atoms with Gasteiger partial charge in [-0.05, 0) is 50.8 Å². The number of nitrogens with two attached hydrogens (primary N) is 1. The van der Waals surface area contributed by atoms with E-state index >= 15 is 0 Å². The molecule has 2 heterocycles. The smallest absolute Gasteiger partial charge is 0.349 e. The van der Waals surface area contributed by atoms with Crippen molar-refractivity contribution in [2.45, 2.75) is 67.5 Å². The van der Waals surface area contributed by atoms with Gasteiger partial charge in [0.2, 0.25) is 0 Å². The minimum atomic E-state index is -3.40. The zero-order chi connectivity index (χ0) is 27.9. The van der Waals surface area contributed by atoms with Crippen LogP contribution in [0.4, 0.5) is 5.82 Å². The largest absolute Gasteiger partial charge is 0.462 e. The first-order chi connectivity index (χ1) is 17.8. The van der Waals surface area contributed by atoms with Crippen LogP contribution >= 0.6 is 29.8 Å². The van der Waals surface area contributed by atoms with Gasteiger partial charge in [0, 0.05) is 12.6 Å². The van der Waals surface area contributed by atoms with E-state index in [1.807, 2.05) is 6.07 Å². The normalized spacial score (nSPS) is 28.1. The number of carbonyl (C=O) groups excluding carboxylic acids is 1. The van der Waals surface area contributed by atoms with Crippen molar-refractivity contribution in [2.24, 2.45) is 0 Å². The average molecular weight is 607 g/mol. The molecule has 1 aliphatic heterocycles. The third-order valence-electron chi connectivity index (χ3n) is 6.15. The van der Waals surface area contributed by atoms with Gasteiger partial charge in [-0.15, -0.1) is 0 Å². The van der Waals surface area contributed by atoms with E-state index in [0.717, 1.165) is 0 Å². The van der Waals surface area contributed by atoms with Crippen molar-refractivity contribution in [1.29, 1.82) is 0 Å². The van der Waals surface area contributed by atoms with Gasteiger partial charge in [-0.2, -0.15) is 4.98 Å². The molecule has 1 aliphatic carbocycles. The molecule has 4 rings (SSSR count). The molecule has 4 N–H and O–H groups in total. The van der Waals surface area contributed by atoms with Crippen LogP contribution < -0.4 is 21.0 Å². The maximum atomic E-state index is 12.4. The highest BCUT2D eigenvalue weighted by Crippen LogP contribution is 2.66. The number of nitrogens with zero attached hydrogens (tertiary/aromatic N) is 2. The van der Waals surface area contributed by atoms with E-state index in [2.05, 4.69) is 10.1 Å². The molecule has 0 amide bonds. The van der Waals surface area contributed by atoms with E-state index in [4.69, 9.17) is 59.3 Å². The third-order valence-corrected chi connectivity index (χ3v) is 9.73. The van der Waals surface area contributed by atoms with Crippen LogP contribution in [0, 0.1) is 0 Å². The predicted molar refractivity (Wildman–Crippen MR) is 146 cm³/mol. The molecule has 0 bridgehead atoms. The fraction of sp³-hybridized carbons (Fsp3) is 0.522. The summed E-state index contributed by atoms with van der Waals surface area (Å²) < 4.78 is 22.9. The highest BCUT2D eigenvalue weighted by Gasteiger charge is 2.77. The molecule has 2 aliphatic rings. The molecule has 15 heteroatoms. The third kappa shape index (κ3) is 5.88. The highest BCUT2D eigenvalue weighted by atomic mass is 35.5. The van der Waals surface area contributed by atoms with Crippen LogP contribution in [-0.2, 0) is 30.6 Å². The minimum absolute atomic E-state index is 0.0748. The Morgan fingerprint density at radius 2 is 2.03 bits per heavy atom. The number of nitrogen functional groups attached to an aromatic ring is 1. The molecule has 0 radical (unpaired) electrons. The van der Waals surface area contributed by atoms with Gasteiger partial charge in [-0.3, -0.25) is 9.36 Å². The summed E-state index contributed by atoms with van der Waals surface area (Å²) in [6.45, 7) is 1.38. The second-order valence-electron chi connectivity index (χ2n) is 9.41. The Labute approximate surface area is 234 Å². The topological polar surface area (TPSA) is 147 Å². The Balaban J connectivity index is 1.51. The Hall–Kier alpha value is -1.76. The van der Waals surface area contributed by atoms with E-state index in [-0.39, 0.29) is 24.9 Å². The van der Waals surface area contributed by atoms with Crippen molar-refractivity contribution in [1.82, 2.24) is 14.6 Å². The lowest BCUT2D eigenvalue weighted by Crippen LogP contribution is -2.42. The monoisotopic (exact) mass is 606 g/mol. The molecule has 1 saturated heterocycles. The molecule has 3 unspecified atom stereocenters. The Kier molecular flexibility index (Phi) is 8.47. The lowest BCUT2D eigenvalue weighted by atomic mass is 10.1. The number of ether oxygens (including phenoxy) is 2. The van der Waals surface area contributed by atoms with E-state index in [9.17, 15) is 14.7 Å². The molecule has 1 aromatic heterocycles. The quantitative estimate of drug-likeness (QED) is 0.208. The van der Waals surface area contributed by atoms with E-state index in [1.54, 1.807) is 45.0 Å². The van der Waals surface area contributed by atoms with Gasteiger partial charge >= 0.3 is 18.3 Å². The van der Waals surface area contributed by atoms with Gasteiger partial charge in [0.15, 0.2) is 4.33 Å². The lowest BCUT2D eigenvalue weighted by Gasteiger charge is -2.28. The molecule has 2 aromatic rings. The van der Waals surface area contributed by atoms with Crippen molar-refractivity contribution < 1.29 is 28.4 Å². The Morgan fingerprint density at radius 1 is 1.34 bits per heavy atom. The number of benzene rings is 1. The van der Waals surface area contributed by atoms with Gasteiger partial charge in [0.25, 0.3) is 0 Å². The van der Waals surface area contributed by atoms with Crippen molar-refractivity contribution in [2.75, 3.05) is 12.3 Å². The average Bonchev–Trinajstić information content (AvgIpc) is 3.52. The molecular weight excluding hydrogens is 578 g/mol. The Bertz CT molecular complexity index is 1280. The summed E-state index contributed by atoms with van der Waals surface area (Å²) in [6.07, 6.45) is -1.01. The Morgan fingerprint density at radius 3 is 2.66 bits per heavy atom. The summed E-state index contributed by atoms with van der Waals surface area (Å²) in [6, 6.07) is 8.74. The summed E-state index contributed by atoms with van der Waals surface area (Å²) in [5, 5.41) is 13.9. The van der Waals surface area contributed by atoms with Crippen molar-refractivity contribution in [3.05, 3.63) is 53.1 Å². The fourth-order valence-corrected chi connectivity index (χ4v) is 7.42. The number of hydrogen-bond donors (Lipinski definition) is 3. The minimum Gasteiger partial charge on any atom is -0.462 e. The first-order valence-corrected chi connectivity index (χ1v) is 15.2. The number of aliphatic hydroxyl groups excluding tert-OH is 1. The first-order valence-electron chi connectivity index (χ1n) is 11.8. The number of nitrogens with one attached hydrogen (secondary N) is 1. The number of rotatable bonds is 10. The van der Waals surface area contributed by atoms with Crippen LogP contribution in [0.15, 0.2) is 47.4 Å². The number of alkyl halides is 2. The fourth-order valence-electron chi connectivity index (χ4n) is 4.23. The molecule has 1 saturated carbocycles. The zero-order valence-corrected chi connectivity index (χ0v) is 24.0. The number of anilines is 1. The number of aromatic nitrogens is 2. The molecule has 1 aromatic carbocycles. The number of aliphatic hydroxyl groups is 1. The van der Waals surface area contributed by atoms with E-state index in [1.165, 1.54) is 16.8 Å². The van der Waals surface area contributed by atoms with Crippen LogP contribution in [0.1, 0.15) is 33.2 Å². The van der Waals surface area contributed by atoms with Crippen LogP contribution in [0.2, 0.25) is 0 Å². The van der Waals surface area contributed by atoms with Gasteiger partial charge in [0.1, 0.15) is 35.4 Å². The first kappa shape index (κ1) is 29.2. The standard InChI is InChI=1S/C23H29Cl2N4O7PS/c1-13(2)34-20(31)14(3)28-37(38,36-15-7-5-4-6-8-15)33-12-16-19(30)23(24,25)22(35-16)11-17(22)29-10-9-18(26)27-21(29)32/h4-10,13-14,16-17,19,30H,11-12H2,1-3H3,(H,28,38)(H2,26,27,32)/t14-,16?,17?,19+,22?,37+/m0/s1. The summed E-state index contributed by atoms with van der Waals surface area (Å²) in [5.74, 6) is -0.0427.